The van der Waals surface area contributed by atoms with Crippen LogP contribution in [0.4, 0.5) is 0 Å². The Morgan fingerprint density at radius 1 is 1.33 bits per heavy atom. The molecule has 2 rings (SSSR count). The van der Waals surface area contributed by atoms with Crippen LogP contribution in [0, 0.1) is 0 Å². The van der Waals surface area contributed by atoms with E-state index < -0.39 is 0 Å². The van der Waals surface area contributed by atoms with Gasteiger partial charge in [0.2, 0.25) is 0 Å². The van der Waals surface area contributed by atoms with Gasteiger partial charge in [0, 0.05) is 17.7 Å². The Kier molecular flexibility index (Phi) is 2.92. The van der Waals surface area contributed by atoms with Crippen LogP contribution in [0.25, 0.3) is 11.1 Å². The molecule has 1 N–H and O–H groups in total. The number of rotatable bonds is 4. The first kappa shape index (κ1) is 10.1. The highest BCUT2D eigenvalue weighted by atomic mass is 16.5. The third-order valence-electron chi connectivity index (χ3n) is 2.51. The highest BCUT2D eigenvalue weighted by Gasteiger charge is 2.15. The summed E-state index contributed by atoms with van der Waals surface area (Å²) in [5.74, 6) is 0.755. The van der Waals surface area contributed by atoms with E-state index in [9.17, 15) is 0 Å². The van der Waals surface area contributed by atoms with E-state index in [1.165, 1.54) is 5.56 Å². The van der Waals surface area contributed by atoms with Gasteiger partial charge >= 0.3 is 0 Å². The van der Waals surface area contributed by atoms with Crippen LogP contribution in [-0.4, -0.2) is 18.8 Å². The topological polar surface area (TPSA) is 42.6 Å². The SMILES string of the molecule is COc1cocc2ccc(CCCO)c1-2. The van der Waals surface area contributed by atoms with Crippen LogP contribution in [0.2, 0.25) is 0 Å². The number of aliphatic hydroxyl groups excluding tert-OH is 1. The van der Waals surface area contributed by atoms with Gasteiger partial charge in [0.1, 0.15) is 6.26 Å². The quantitative estimate of drug-likeness (QED) is 0.834. The molecule has 0 unspecified atom stereocenters. The summed E-state index contributed by atoms with van der Waals surface area (Å²) >= 11 is 0. The fraction of sp³-hybridized carbons (Fsp3) is 0.333. The van der Waals surface area contributed by atoms with E-state index in [1.54, 1.807) is 19.6 Å². The van der Waals surface area contributed by atoms with Crippen LogP contribution >= 0.6 is 0 Å². The van der Waals surface area contributed by atoms with Crippen molar-refractivity contribution in [2.75, 3.05) is 13.7 Å². The van der Waals surface area contributed by atoms with Crippen LogP contribution in [0.3, 0.4) is 0 Å². The average Bonchev–Trinajstić information content (AvgIpc) is 2.69. The molecule has 0 saturated carbocycles. The molecule has 1 heterocycles. The summed E-state index contributed by atoms with van der Waals surface area (Å²) in [4.78, 5) is 0. The maximum atomic E-state index is 8.81. The van der Waals surface area contributed by atoms with E-state index in [4.69, 9.17) is 14.3 Å². The van der Waals surface area contributed by atoms with Crippen LogP contribution in [0.15, 0.2) is 29.1 Å². The van der Waals surface area contributed by atoms with Crippen molar-refractivity contribution in [2.24, 2.45) is 0 Å². The first-order valence-electron chi connectivity index (χ1n) is 4.99. The number of hydrogen-bond acceptors (Lipinski definition) is 3. The molecule has 0 aromatic rings. The van der Waals surface area contributed by atoms with Crippen molar-refractivity contribution in [3.63, 3.8) is 0 Å². The van der Waals surface area contributed by atoms with Crippen molar-refractivity contribution in [3.8, 4) is 16.9 Å². The van der Waals surface area contributed by atoms with Gasteiger partial charge in [-0.3, -0.25) is 0 Å². The predicted molar refractivity (Wildman–Crippen MR) is 57.3 cm³/mol. The molecule has 0 amide bonds. The summed E-state index contributed by atoms with van der Waals surface area (Å²) in [5, 5.41) is 8.81. The molecule has 0 aromatic carbocycles. The molecule has 15 heavy (non-hydrogen) atoms. The Balaban J connectivity index is 2.39. The normalized spacial score (nSPS) is 10.8. The molecule has 80 valence electrons. The van der Waals surface area contributed by atoms with Gasteiger partial charge in [-0.1, -0.05) is 12.1 Å². The number of methoxy groups -OCH3 is 1. The Morgan fingerprint density at radius 3 is 2.93 bits per heavy atom. The molecule has 0 fully saturated rings. The van der Waals surface area contributed by atoms with Gasteiger partial charge < -0.3 is 14.3 Å². The second-order valence-corrected chi connectivity index (χ2v) is 3.46. The van der Waals surface area contributed by atoms with Gasteiger partial charge in [-0.25, -0.2) is 0 Å². The summed E-state index contributed by atoms with van der Waals surface area (Å²) in [6.07, 6.45) is 4.94. The summed E-state index contributed by atoms with van der Waals surface area (Å²) in [6.45, 7) is 0.214. The number of ether oxygens (including phenoxy) is 1. The van der Waals surface area contributed by atoms with E-state index in [-0.39, 0.29) is 6.61 Å². The van der Waals surface area contributed by atoms with Crippen molar-refractivity contribution in [1.29, 1.82) is 0 Å². The molecular weight excluding hydrogens is 192 g/mol. The molecule has 0 aromatic heterocycles. The third-order valence-corrected chi connectivity index (χ3v) is 2.51. The zero-order valence-corrected chi connectivity index (χ0v) is 8.69. The van der Waals surface area contributed by atoms with E-state index in [1.807, 2.05) is 6.07 Å². The molecule has 0 atom stereocenters. The molecule has 1 aliphatic heterocycles. The minimum Gasteiger partial charge on any atom is -0.493 e. The Bertz CT molecular complexity index is 406. The zero-order valence-electron chi connectivity index (χ0n) is 8.69. The molecule has 0 radical (unpaired) electrons. The van der Waals surface area contributed by atoms with Crippen LogP contribution in [0.1, 0.15) is 12.0 Å². The predicted octanol–water partition coefficient (Wildman–Crippen LogP) is 2.32. The Labute approximate surface area is 88.6 Å². The molecule has 2 aliphatic rings. The first-order chi connectivity index (χ1) is 7.36. The zero-order chi connectivity index (χ0) is 10.7. The first-order valence-corrected chi connectivity index (χ1v) is 4.99. The van der Waals surface area contributed by atoms with Gasteiger partial charge in [0.05, 0.1) is 13.4 Å². The lowest BCUT2D eigenvalue weighted by Crippen LogP contribution is -1.92. The second-order valence-electron chi connectivity index (χ2n) is 3.46. The van der Waals surface area contributed by atoms with Crippen LogP contribution in [-0.2, 0) is 6.42 Å². The monoisotopic (exact) mass is 206 g/mol. The third kappa shape index (κ3) is 1.83. The Hall–Kier alpha value is -1.48. The lowest BCUT2D eigenvalue weighted by atomic mass is 10.1. The molecule has 0 saturated heterocycles. The molecule has 0 bridgehead atoms. The highest BCUT2D eigenvalue weighted by molar-refractivity contribution is 5.75. The van der Waals surface area contributed by atoms with Gasteiger partial charge in [0.15, 0.2) is 5.75 Å². The minimum atomic E-state index is 0.214. The summed E-state index contributed by atoms with van der Waals surface area (Å²) in [6, 6.07) is 4.06. The number of aryl methyl sites for hydroxylation is 1. The maximum absolute atomic E-state index is 8.81. The van der Waals surface area contributed by atoms with Gasteiger partial charge in [-0.15, -0.1) is 0 Å². The molecule has 3 heteroatoms. The smallest absolute Gasteiger partial charge is 0.162 e. The number of hydrogen-bond donors (Lipinski definition) is 1. The largest absolute Gasteiger partial charge is 0.493 e. The van der Waals surface area contributed by atoms with Crippen LogP contribution < -0.4 is 4.74 Å². The highest BCUT2D eigenvalue weighted by Crippen LogP contribution is 2.36. The average molecular weight is 206 g/mol. The van der Waals surface area contributed by atoms with Crippen LogP contribution in [0.5, 0.6) is 5.75 Å². The number of fused-ring (bicyclic) bond motifs is 1. The lowest BCUT2D eigenvalue weighted by molar-refractivity contribution is 0.288. The fourth-order valence-electron chi connectivity index (χ4n) is 1.80. The summed E-state index contributed by atoms with van der Waals surface area (Å²) < 4.78 is 10.4. The van der Waals surface area contributed by atoms with Crippen molar-refractivity contribution in [1.82, 2.24) is 0 Å². The summed E-state index contributed by atoms with van der Waals surface area (Å²) in [5.41, 5.74) is 3.34. The van der Waals surface area contributed by atoms with E-state index >= 15 is 0 Å². The van der Waals surface area contributed by atoms with E-state index in [2.05, 4.69) is 6.07 Å². The van der Waals surface area contributed by atoms with Crippen molar-refractivity contribution in [2.45, 2.75) is 12.8 Å². The standard InChI is InChI=1S/C12H14O3/c1-14-11-8-15-7-10-5-4-9(12(10)11)3-2-6-13/h4-5,7-8,13H,2-3,6H2,1H3. The Morgan fingerprint density at radius 2 is 2.20 bits per heavy atom. The maximum Gasteiger partial charge on any atom is 0.162 e. The molecule has 0 spiro atoms. The van der Waals surface area contributed by atoms with Crippen molar-refractivity contribution < 1.29 is 14.3 Å². The number of aliphatic hydroxyl groups is 1. The van der Waals surface area contributed by atoms with Gasteiger partial charge in [-0.2, -0.15) is 0 Å². The second kappa shape index (κ2) is 4.36. The molecule has 3 nitrogen and oxygen atoms in total. The van der Waals surface area contributed by atoms with Crippen molar-refractivity contribution >= 4 is 0 Å². The van der Waals surface area contributed by atoms with Crippen molar-refractivity contribution in [3.05, 3.63) is 30.2 Å². The lowest BCUT2D eigenvalue weighted by Gasteiger charge is -2.08. The fourth-order valence-corrected chi connectivity index (χ4v) is 1.80. The molecular formula is C12H14O3. The van der Waals surface area contributed by atoms with Gasteiger partial charge in [-0.05, 0) is 18.4 Å². The summed E-state index contributed by atoms with van der Waals surface area (Å²) in [7, 11) is 1.63. The molecule has 1 aliphatic carbocycles. The van der Waals surface area contributed by atoms with Gasteiger partial charge in [0.25, 0.3) is 0 Å². The van der Waals surface area contributed by atoms with E-state index in [0.717, 1.165) is 29.7 Å². The van der Waals surface area contributed by atoms with E-state index in [0.29, 0.717) is 0 Å². The minimum absolute atomic E-state index is 0.214.